The Morgan fingerprint density at radius 3 is 2.28 bits per heavy atom. The van der Waals surface area contributed by atoms with Crippen LogP contribution < -0.4 is 5.73 Å². The lowest BCUT2D eigenvalue weighted by Crippen LogP contribution is -1.86. The van der Waals surface area contributed by atoms with Gasteiger partial charge in [0.15, 0.2) is 0 Å². The fraction of sp³-hybridized carbons (Fsp3) is 0. The van der Waals surface area contributed by atoms with Crippen molar-refractivity contribution in [1.29, 1.82) is 0 Å². The van der Waals surface area contributed by atoms with Crippen LogP contribution in [0.1, 0.15) is 11.1 Å². The Kier molecular flexibility index (Phi) is 3.38. The van der Waals surface area contributed by atoms with Gasteiger partial charge in [0.2, 0.25) is 0 Å². The Hall–Kier alpha value is -2.62. The first-order chi connectivity index (χ1) is 8.65. The third-order valence-electron chi connectivity index (χ3n) is 2.48. The van der Waals surface area contributed by atoms with E-state index in [2.05, 4.69) is 0 Å². The number of nitrogens with two attached hydrogens (primary N) is 1. The number of rotatable bonds is 3. The van der Waals surface area contributed by atoms with Crippen LogP contribution in [0, 0.1) is 10.1 Å². The molecule has 0 spiro atoms. The van der Waals surface area contributed by atoms with Gasteiger partial charge in [0.1, 0.15) is 0 Å². The van der Waals surface area contributed by atoms with Crippen LogP contribution in [0.3, 0.4) is 0 Å². The molecule has 0 saturated carbocycles. The van der Waals surface area contributed by atoms with Crippen LogP contribution in [0.25, 0.3) is 12.2 Å². The van der Waals surface area contributed by atoms with Gasteiger partial charge in [-0.15, -0.1) is 0 Å². The molecule has 90 valence electrons. The number of nitro groups is 1. The van der Waals surface area contributed by atoms with Gasteiger partial charge in [0.05, 0.1) is 4.92 Å². The number of hydrogen-bond acceptors (Lipinski definition) is 3. The summed E-state index contributed by atoms with van der Waals surface area (Å²) in [5, 5.41) is 10.5. The van der Waals surface area contributed by atoms with Gasteiger partial charge in [-0.2, -0.15) is 0 Å². The Labute approximate surface area is 105 Å². The van der Waals surface area contributed by atoms with Crippen molar-refractivity contribution < 1.29 is 4.92 Å². The number of benzene rings is 2. The van der Waals surface area contributed by atoms with E-state index < -0.39 is 4.92 Å². The largest absolute Gasteiger partial charge is 0.399 e. The maximum Gasteiger partial charge on any atom is 0.269 e. The molecule has 2 N–H and O–H groups in total. The van der Waals surface area contributed by atoms with E-state index in [1.807, 2.05) is 36.4 Å². The molecular formula is C14H12N2O2. The molecule has 2 aromatic rings. The van der Waals surface area contributed by atoms with Crippen LogP contribution in [0.4, 0.5) is 11.4 Å². The van der Waals surface area contributed by atoms with E-state index >= 15 is 0 Å². The van der Waals surface area contributed by atoms with Gasteiger partial charge in [0.25, 0.3) is 5.69 Å². The quantitative estimate of drug-likeness (QED) is 0.387. The molecule has 0 aliphatic carbocycles. The SMILES string of the molecule is Nc1cccc(/C=C/c2ccc([N+](=O)[O-])cc2)c1. The second kappa shape index (κ2) is 5.14. The van der Waals surface area contributed by atoms with E-state index in [4.69, 9.17) is 5.73 Å². The van der Waals surface area contributed by atoms with Crippen molar-refractivity contribution in [2.45, 2.75) is 0 Å². The van der Waals surface area contributed by atoms with Crippen molar-refractivity contribution >= 4 is 23.5 Å². The van der Waals surface area contributed by atoms with Crippen molar-refractivity contribution in [1.82, 2.24) is 0 Å². The molecule has 18 heavy (non-hydrogen) atoms. The minimum Gasteiger partial charge on any atom is -0.399 e. The molecule has 2 aromatic carbocycles. The number of nitro benzene ring substituents is 1. The van der Waals surface area contributed by atoms with E-state index in [1.165, 1.54) is 12.1 Å². The minimum atomic E-state index is -0.411. The zero-order valence-corrected chi connectivity index (χ0v) is 9.61. The Morgan fingerprint density at radius 2 is 1.67 bits per heavy atom. The molecule has 0 aromatic heterocycles. The summed E-state index contributed by atoms with van der Waals surface area (Å²) >= 11 is 0. The van der Waals surface area contributed by atoms with E-state index in [9.17, 15) is 10.1 Å². The molecule has 4 heteroatoms. The van der Waals surface area contributed by atoms with Crippen molar-refractivity contribution in [2.24, 2.45) is 0 Å². The van der Waals surface area contributed by atoms with E-state index in [0.717, 1.165) is 11.1 Å². The third-order valence-corrected chi connectivity index (χ3v) is 2.48. The van der Waals surface area contributed by atoms with Gasteiger partial charge < -0.3 is 5.73 Å². The maximum absolute atomic E-state index is 10.5. The van der Waals surface area contributed by atoms with E-state index in [-0.39, 0.29) is 5.69 Å². The number of hydrogen-bond donors (Lipinski definition) is 1. The predicted molar refractivity (Wildman–Crippen MR) is 72.9 cm³/mol. The predicted octanol–water partition coefficient (Wildman–Crippen LogP) is 3.35. The second-order valence-electron chi connectivity index (χ2n) is 3.85. The first-order valence-electron chi connectivity index (χ1n) is 5.43. The summed E-state index contributed by atoms with van der Waals surface area (Å²) in [7, 11) is 0. The van der Waals surface area contributed by atoms with E-state index in [0.29, 0.717) is 5.69 Å². The lowest BCUT2D eigenvalue weighted by molar-refractivity contribution is -0.384. The van der Waals surface area contributed by atoms with Gasteiger partial charge in [-0.3, -0.25) is 10.1 Å². The minimum absolute atomic E-state index is 0.0936. The molecule has 0 saturated heterocycles. The lowest BCUT2D eigenvalue weighted by atomic mass is 10.1. The molecule has 0 aliphatic heterocycles. The normalized spacial score (nSPS) is 10.7. The molecule has 0 amide bonds. The number of non-ortho nitro benzene ring substituents is 1. The fourth-order valence-corrected chi connectivity index (χ4v) is 1.56. The van der Waals surface area contributed by atoms with Crippen LogP contribution >= 0.6 is 0 Å². The summed E-state index contributed by atoms with van der Waals surface area (Å²) < 4.78 is 0. The molecule has 0 fully saturated rings. The van der Waals surface area contributed by atoms with Gasteiger partial charge in [-0.1, -0.05) is 24.3 Å². The average molecular weight is 240 g/mol. The van der Waals surface area contributed by atoms with Crippen molar-refractivity contribution in [3.63, 3.8) is 0 Å². The molecule has 2 rings (SSSR count). The van der Waals surface area contributed by atoms with Crippen LogP contribution in [0.2, 0.25) is 0 Å². The highest BCUT2D eigenvalue weighted by atomic mass is 16.6. The van der Waals surface area contributed by atoms with Crippen molar-refractivity contribution in [2.75, 3.05) is 5.73 Å². The standard InChI is InChI=1S/C14H12N2O2/c15-13-3-1-2-12(10-13)5-4-11-6-8-14(9-7-11)16(17)18/h1-10H,15H2/b5-4+. The smallest absolute Gasteiger partial charge is 0.269 e. The number of nitrogens with zero attached hydrogens (tertiary/aromatic N) is 1. The van der Waals surface area contributed by atoms with Gasteiger partial charge >= 0.3 is 0 Å². The zero-order valence-electron chi connectivity index (χ0n) is 9.61. The summed E-state index contributed by atoms with van der Waals surface area (Å²) in [6, 6.07) is 13.9. The van der Waals surface area contributed by atoms with Crippen molar-refractivity contribution in [3.05, 3.63) is 69.8 Å². The zero-order chi connectivity index (χ0) is 13.0. The number of anilines is 1. The van der Waals surface area contributed by atoms with E-state index in [1.54, 1.807) is 12.1 Å². The fourth-order valence-electron chi connectivity index (χ4n) is 1.56. The summed E-state index contributed by atoms with van der Waals surface area (Å²) in [5.41, 5.74) is 8.37. The highest BCUT2D eigenvalue weighted by Crippen LogP contribution is 2.15. The van der Waals surface area contributed by atoms with Crippen LogP contribution in [-0.2, 0) is 0 Å². The van der Waals surface area contributed by atoms with Crippen LogP contribution in [0.15, 0.2) is 48.5 Å². The Bertz CT molecular complexity index is 589. The molecular weight excluding hydrogens is 228 g/mol. The first kappa shape index (κ1) is 11.9. The first-order valence-corrected chi connectivity index (χ1v) is 5.43. The third kappa shape index (κ3) is 2.95. The Morgan fingerprint density at radius 1 is 1.00 bits per heavy atom. The molecule has 0 bridgehead atoms. The van der Waals surface area contributed by atoms with Gasteiger partial charge in [-0.25, -0.2) is 0 Å². The highest BCUT2D eigenvalue weighted by Gasteiger charge is 2.01. The monoisotopic (exact) mass is 240 g/mol. The highest BCUT2D eigenvalue weighted by molar-refractivity contribution is 5.71. The van der Waals surface area contributed by atoms with Crippen LogP contribution in [-0.4, -0.2) is 4.92 Å². The molecule has 0 atom stereocenters. The van der Waals surface area contributed by atoms with Crippen molar-refractivity contribution in [3.8, 4) is 0 Å². The van der Waals surface area contributed by atoms with Gasteiger partial charge in [-0.05, 0) is 35.4 Å². The summed E-state index contributed by atoms with van der Waals surface area (Å²) in [6.45, 7) is 0. The maximum atomic E-state index is 10.5. The van der Waals surface area contributed by atoms with Gasteiger partial charge in [0, 0.05) is 17.8 Å². The average Bonchev–Trinajstić information content (AvgIpc) is 2.37. The molecule has 0 radical (unpaired) electrons. The van der Waals surface area contributed by atoms with Crippen LogP contribution in [0.5, 0.6) is 0 Å². The summed E-state index contributed by atoms with van der Waals surface area (Å²) in [4.78, 5) is 10.1. The Balaban J connectivity index is 2.16. The second-order valence-corrected chi connectivity index (χ2v) is 3.85. The molecule has 4 nitrogen and oxygen atoms in total. The number of nitrogen functional groups attached to an aromatic ring is 1. The molecule has 0 heterocycles. The summed E-state index contributed by atoms with van der Waals surface area (Å²) in [6.07, 6.45) is 3.80. The summed E-state index contributed by atoms with van der Waals surface area (Å²) in [5.74, 6) is 0. The lowest BCUT2D eigenvalue weighted by Gasteiger charge is -1.96. The molecule has 0 unspecified atom stereocenters. The molecule has 0 aliphatic rings. The topological polar surface area (TPSA) is 69.2 Å².